The summed E-state index contributed by atoms with van der Waals surface area (Å²) in [6.07, 6.45) is 0.962. The highest BCUT2D eigenvalue weighted by Crippen LogP contribution is 2.49. The van der Waals surface area contributed by atoms with Gasteiger partial charge in [0.1, 0.15) is 0 Å². The summed E-state index contributed by atoms with van der Waals surface area (Å²) < 4.78 is 32.8. The molecule has 0 heterocycles. The molecule has 0 bridgehead atoms. The number of rotatable bonds is 11. The van der Waals surface area contributed by atoms with Gasteiger partial charge in [-0.15, -0.1) is 0 Å². The van der Waals surface area contributed by atoms with Crippen molar-refractivity contribution in [3.63, 3.8) is 0 Å². The third-order valence-electron chi connectivity index (χ3n) is 3.35. The van der Waals surface area contributed by atoms with Gasteiger partial charge in [-0.25, -0.2) is 9.36 Å². The van der Waals surface area contributed by atoms with Gasteiger partial charge in [-0.1, -0.05) is 32.4 Å². The van der Waals surface area contributed by atoms with Crippen LogP contribution < -0.4 is 0 Å². The molecule has 0 fully saturated rings. The molecular weight excluding hydrogens is 331 g/mol. The molecule has 24 heavy (non-hydrogen) atoms. The smallest absolute Gasteiger partial charge is 0.462 e. The molecule has 0 aliphatic carbocycles. The van der Waals surface area contributed by atoms with E-state index in [1.54, 1.807) is 38.1 Å². The van der Waals surface area contributed by atoms with Crippen LogP contribution in [0.15, 0.2) is 24.3 Å². The lowest BCUT2D eigenvalue weighted by molar-refractivity contribution is 0.0447. The highest BCUT2D eigenvalue weighted by molar-refractivity contribution is 7.48. The Bertz CT molecular complexity index is 533. The van der Waals surface area contributed by atoms with Crippen LogP contribution in [-0.4, -0.2) is 25.8 Å². The number of hydrogen-bond acceptors (Lipinski definition) is 6. The number of hydrogen-bond donors (Lipinski definition) is 0. The number of carbonyl (C=O) groups excluding carboxylic acids is 1. The predicted molar refractivity (Wildman–Crippen MR) is 91.8 cm³/mol. The summed E-state index contributed by atoms with van der Waals surface area (Å²) in [6.45, 7) is 8.46. The van der Waals surface area contributed by atoms with Gasteiger partial charge in [0.05, 0.1) is 32.0 Å². The van der Waals surface area contributed by atoms with Gasteiger partial charge in [-0.05, 0) is 37.5 Å². The van der Waals surface area contributed by atoms with E-state index in [4.69, 9.17) is 18.3 Å². The second-order valence-corrected chi connectivity index (χ2v) is 7.03. The lowest BCUT2D eigenvalue weighted by Crippen LogP contribution is -2.11. The van der Waals surface area contributed by atoms with Gasteiger partial charge in [-0.3, -0.25) is 13.6 Å². The number of benzene rings is 1. The zero-order valence-corrected chi connectivity index (χ0v) is 15.7. The molecule has 1 aromatic carbocycles. The maximum atomic E-state index is 12.2. The molecule has 0 aliphatic heterocycles. The molecule has 1 atom stereocenters. The highest BCUT2D eigenvalue weighted by Gasteiger charge is 2.25. The number of ether oxygens (including phenoxy) is 1. The summed E-state index contributed by atoms with van der Waals surface area (Å²) in [7, 11) is -3.53. The molecule has 0 saturated carbocycles. The van der Waals surface area contributed by atoms with E-state index in [1.807, 2.05) is 6.92 Å². The molecule has 0 aromatic heterocycles. The van der Waals surface area contributed by atoms with Crippen LogP contribution >= 0.6 is 7.82 Å². The van der Waals surface area contributed by atoms with Gasteiger partial charge in [0.2, 0.25) is 0 Å². The van der Waals surface area contributed by atoms with Gasteiger partial charge >= 0.3 is 13.8 Å². The van der Waals surface area contributed by atoms with Gasteiger partial charge in [-0.2, -0.15) is 0 Å². The standard InChI is InChI=1S/C17H27O6P/c1-5-14(4)12-20-17(18)16-10-8-15(9-11-16)13-23-24(19,21-6-2)22-7-3/h8-11,14H,5-7,12-13H2,1-4H3. The number of phosphoric ester groups is 1. The fourth-order valence-corrected chi connectivity index (χ4v) is 2.90. The Morgan fingerprint density at radius 3 is 2.12 bits per heavy atom. The quantitative estimate of drug-likeness (QED) is 0.426. The molecule has 0 N–H and O–H groups in total. The molecule has 0 spiro atoms. The van der Waals surface area contributed by atoms with Crippen molar-refractivity contribution in [2.24, 2.45) is 5.92 Å². The van der Waals surface area contributed by atoms with Crippen molar-refractivity contribution in [1.29, 1.82) is 0 Å². The lowest BCUT2D eigenvalue weighted by atomic mass is 10.1. The number of phosphoric acid groups is 1. The summed E-state index contributed by atoms with van der Waals surface area (Å²) in [5.41, 5.74) is 1.23. The van der Waals surface area contributed by atoms with Crippen molar-refractivity contribution < 1.29 is 27.7 Å². The van der Waals surface area contributed by atoms with Crippen LogP contribution in [0.4, 0.5) is 0 Å². The van der Waals surface area contributed by atoms with E-state index in [2.05, 4.69) is 6.92 Å². The molecular formula is C17H27O6P. The molecule has 6 nitrogen and oxygen atoms in total. The SMILES string of the molecule is CCOP(=O)(OCC)OCc1ccc(C(=O)OCC(C)CC)cc1. The maximum Gasteiger partial charge on any atom is 0.475 e. The third-order valence-corrected chi connectivity index (χ3v) is 4.94. The normalized spacial score (nSPS) is 12.8. The molecule has 1 unspecified atom stereocenters. The van der Waals surface area contributed by atoms with E-state index < -0.39 is 7.82 Å². The Labute approximate surface area is 144 Å². The molecule has 7 heteroatoms. The maximum absolute atomic E-state index is 12.2. The van der Waals surface area contributed by atoms with Gasteiger partial charge < -0.3 is 4.74 Å². The Kier molecular flexibility index (Phi) is 9.22. The molecule has 136 valence electrons. The Morgan fingerprint density at radius 1 is 1.04 bits per heavy atom. The first-order chi connectivity index (χ1) is 11.4. The van der Waals surface area contributed by atoms with Crippen LogP contribution in [0.3, 0.4) is 0 Å². The molecule has 1 rings (SSSR count). The summed E-state index contributed by atoms with van der Waals surface area (Å²) >= 11 is 0. The van der Waals surface area contributed by atoms with Crippen LogP contribution in [0, 0.1) is 5.92 Å². The van der Waals surface area contributed by atoms with Crippen molar-refractivity contribution in [3.8, 4) is 0 Å². The summed E-state index contributed by atoms with van der Waals surface area (Å²) in [4.78, 5) is 11.9. The van der Waals surface area contributed by atoms with E-state index >= 15 is 0 Å². The topological polar surface area (TPSA) is 71.1 Å². The minimum atomic E-state index is -3.53. The van der Waals surface area contributed by atoms with Gasteiger partial charge in [0.25, 0.3) is 0 Å². The van der Waals surface area contributed by atoms with Crippen molar-refractivity contribution >= 4 is 13.8 Å². The average Bonchev–Trinajstić information content (AvgIpc) is 2.58. The Balaban J connectivity index is 2.58. The van der Waals surface area contributed by atoms with Crippen molar-refractivity contribution in [2.45, 2.75) is 40.7 Å². The van der Waals surface area contributed by atoms with Crippen molar-refractivity contribution in [1.82, 2.24) is 0 Å². The Morgan fingerprint density at radius 2 is 1.62 bits per heavy atom. The minimum absolute atomic E-state index is 0.0689. The van der Waals surface area contributed by atoms with Crippen molar-refractivity contribution in [3.05, 3.63) is 35.4 Å². The molecule has 0 aliphatic rings. The van der Waals surface area contributed by atoms with E-state index in [-0.39, 0.29) is 25.8 Å². The lowest BCUT2D eigenvalue weighted by Gasteiger charge is -2.16. The second kappa shape index (κ2) is 10.6. The van der Waals surface area contributed by atoms with Gasteiger partial charge in [0.15, 0.2) is 0 Å². The molecule has 0 amide bonds. The molecule has 1 aromatic rings. The van der Waals surface area contributed by atoms with Crippen LogP contribution in [0.5, 0.6) is 0 Å². The Hall–Kier alpha value is -1.20. The second-order valence-electron chi connectivity index (χ2n) is 5.37. The van der Waals surface area contributed by atoms with E-state index in [9.17, 15) is 9.36 Å². The average molecular weight is 358 g/mol. The zero-order chi connectivity index (χ0) is 18.0. The van der Waals surface area contributed by atoms with Gasteiger partial charge in [0, 0.05) is 0 Å². The first-order valence-electron chi connectivity index (χ1n) is 8.23. The minimum Gasteiger partial charge on any atom is -0.462 e. The monoisotopic (exact) mass is 358 g/mol. The summed E-state index contributed by atoms with van der Waals surface area (Å²) in [5.74, 6) is -0.00929. The van der Waals surface area contributed by atoms with E-state index in [1.165, 1.54) is 0 Å². The van der Waals surface area contributed by atoms with Crippen molar-refractivity contribution in [2.75, 3.05) is 19.8 Å². The molecule has 0 radical (unpaired) electrons. The van der Waals surface area contributed by atoms with Crippen LogP contribution in [0.1, 0.15) is 50.0 Å². The van der Waals surface area contributed by atoms with Crippen LogP contribution in [0.2, 0.25) is 0 Å². The number of esters is 1. The van der Waals surface area contributed by atoms with E-state index in [0.29, 0.717) is 18.1 Å². The summed E-state index contributed by atoms with van der Waals surface area (Å²) in [6, 6.07) is 6.76. The largest absolute Gasteiger partial charge is 0.475 e. The predicted octanol–water partition coefficient (Wildman–Crippen LogP) is 4.59. The summed E-state index contributed by atoms with van der Waals surface area (Å²) in [5, 5.41) is 0. The third kappa shape index (κ3) is 7.14. The first-order valence-corrected chi connectivity index (χ1v) is 9.69. The van der Waals surface area contributed by atoms with Crippen LogP contribution in [-0.2, 0) is 29.5 Å². The highest BCUT2D eigenvalue weighted by atomic mass is 31.2. The van der Waals surface area contributed by atoms with E-state index in [0.717, 1.165) is 12.0 Å². The molecule has 0 saturated heterocycles. The zero-order valence-electron chi connectivity index (χ0n) is 14.8. The fourth-order valence-electron chi connectivity index (χ4n) is 1.74. The number of carbonyl (C=O) groups is 1. The van der Waals surface area contributed by atoms with Crippen LogP contribution in [0.25, 0.3) is 0 Å². The first kappa shape index (κ1) is 20.8. The fraction of sp³-hybridized carbons (Fsp3) is 0.588.